The average molecular weight is 668 g/mol. The molecular formula is C40H45NO8. The number of allylic oxidation sites excluding steroid dienone is 1. The number of phenols is 2. The number of methoxy groups -OCH3 is 1. The van der Waals surface area contributed by atoms with Gasteiger partial charge in [0.1, 0.15) is 18.5 Å². The van der Waals surface area contributed by atoms with Gasteiger partial charge in [0.15, 0.2) is 23.0 Å². The summed E-state index contributed by atoms with van der Waals surface area (Å²) in [5, 5.41) is 31.3. The van der Waals surface area contributed by atoms with E-state index in [4.69, 9.17) is 19.3 Å². The lowest BCUT2D eigenvalue weighted by atomic mass is 9.69. The van der Waals surface area contributed by atoms with E-state index in [2.05, 4.69) is 29.3 Å². The van der Waals surface area contributed by atoms with Gasteiger partial charge in [-0.1, -0.05) is 43.2 Å². The number of aliphatic hydroxyl groups is 1. The number of benzene rings is 3. The Labute approximate surface area is 286 Å². The summed E-state index contributed by atoms with van der Waals surface area (Å²) in [4.78, 5) is 29.8. The molecule has 1 aromatic heterocycles. The summed E-state index contributed by atoms with van der Waals surface area (Å²) in [5.41, 5.74) is 5.74. The standard InChI is InChI=1S/C40H45NO8/c1-24(43)49-29(13-11-25-12-14-37(45)40(17-25)48-16-15-42)20-28(44)21-31-30-9-5-3-7-26(30)18-34(32-22-38(46)39(47-2)23-33(31)32)36-19-27-8-4-6-10-35(27)41-36/h4,6,8,10,12,14,17-19,22-23,26,29-31,41-42,45-46H,3,5,7,9,11,13,15-16,20-21H2,1-2H3. The maximum absolute atomic E-state index is 14.0. The Morgan fingerprint density at radius 2 is 1.80 bits per heavy atom. The summed E-state index contributed by atoms with van der Waals surface area (Å²) >= 11 is 0. The molecule has 2 aliphatic carbocycles. The number of fused-ring (bicyclic) bond motifs is 3. The molecule has 0 bridgehead atoms. The van der Waals surface area contributed by atoms with Crippen LogP contribution in [0.15, 0.2) is 66.7 Å². The Bertz CT molecular complexity index is 1810. The number of aromatic amines is 1. The zero-order valence-corrected chi connectivity index (χ0v) is 28.1. The molecule has 3 aromatic carbocycles. The number of nitrogens with one attached hydrogen (secondary N) is 1. The minimum Gasteiger partial charge on any atom is -0.504 e. The second-order valence-electron chi connectivity index (χ2n) is 13.3. The van der Waals surface area contributed by atoms with E-state index in [0.717, 1.165) is 64.5 Å². The first-order chi connectivity index (χ1) is 23.7. The van der Waals surface area contributed by atoms with Crippen LogP contribution in [-0.4, -0.2) is 58.5 Å². The Morgan fingerprint density at radius 1 is 0.980 bits per heavy atom. The lowest BCUT2D eigenvalue weighted by Crippen LogP contribution is -2.27. The zero-order chi connectivity index (χ0) is 34.5. The highest BCUT2D eigenvalue weighted by Gasteiger charge is 2.38. The summed E-state index contributed by atoms with van der Waals surface area (Å²) in [6, 6.07) is 19.0. The molecule has 9 nitrogen and oxygen atoms in total. The van der Waals surface area contributed by atoms with E-state index >= 15 is 0 Å². The number of esters is 1. The van der Waals surface area contributed by atoms with Crippen molar-refractivity contribution in [2.24, 2.45) is 11.8 Å². The second kappa shape index (κ2) is 15.2. The normalized spacial score (nSPS) is 19.2. The number of rotatable bonds is 13. The van der Waals surface area contributed by atoms with E-state index in [-0.39, 0.29) is 66.8 Å². The molecule has 1 heterocycles. The SMILES string of the molecule is COc1cc2c(cc1O)C(c1cc3ccccc3[nH]1)=CC1CCCCC1C2CC(=O)CC(CCc1ccc(O)c(OCCO)c1)OC(C)=O. The summed E-state index contributed by atoms with van der Waals surface area (Å²) < 4.78 is 16.7. The van der Waals surface area contributed by atoms with Gasteiger partial charge in [0.25, 0.3) is 0 Å². The quantitative estimate of drug-likeness (QED) is 0.110. The van der Waals surface area contributed by atoms with E-state index in [1.165, 1.54) is 20.1 Å². The molecule has 0 amide bonds. The lowest BCUT2D eigenvalue weighted by molar-refractivity contribution is -0.147. The lowest BCUT2D eigenvalue weighted by Gasteiger charge is -2.35. The van der Waals surface area contributed by atoms with Crippen molar-refractivity contribution in [3.63, 3.8) is 0 Å². The molecule has 6 rings (SSSR count). The van der Waals surface area contributed by atoms with Crippen molar-refractivity contribution < 1.29 is 39.1 Å². The van der Waals surface area contributed by atoms with E-state index in [0.29, 0.717) is 18.6 Å². The number of ketones is 1. The van der Waals surface area contributed by atoms with E-state index in [1.54, 1.807) is 18.2 Å². The van der Waals surface area contributed by atoms with Crippen molar-refractivity contribution in [3.05, 3.63) is 89.1 Å². The first-order valence-electron chi connectivity index (χ1n) is 17.2. The van der Waals surface area contributed by atoms with Gasteiger partial charge in [0, 0.05) is 41.9 Å². The fourth-order valence-electron chi connectivity index (χ4n) is 7.76. The van der Waals surface area contributed by atoms with E-state index in [1.807, 2.05) is 18.2 Å². The highest BCUT2D eigenvalue weighted by molar-refractivity contribution is 5.90. The number of phenolic OH excluding ortho intramolecular Hbond substituents is 2. The molecule has 1 saturated carbocycles. The number of aryl methyl sites for hydroxylation is 1. The number of aliphatic hydroxyl groups excluding tert-OH is 1. The number of H-pyrrole nitrogens is 1. The van der Waals surface area contributed by atoms with Gasteiger partial charge in [-0.05, 0) is 96.5 Å². The maximum Gasteiger partial charge on any atom is 0.302 e. The van der Waals surface area contributed by atoms with Crippen LogP contribution >= 0.6 is 0 Å². The Morgan fingerprint density at radius 3 is 2.57 bits per heavy atom. The van der Waals surface area contributed by atoms with Crippen LogP contribution in [0.1, 0.15) is 80.2 Å². The fraction of sp³-hybridized carbons (Fsp3) is 0.400. The van der Waals surface area contributed by atoms with Crippen LogP contribution in [0.25, 0.3) is 16.5 Å². The van der Waals surface area contributed by atoms with Gasteiger partial charge in [-0.3, -0.25) is 9.59 Å². The van der Waals surface area contributed by atoms with Crippen LogP contribution < -0.4 is 9.47 Å². The van der Waals surface area contributed by atoms with Crippen molar-refractivity contribution >= 4 is 28.2 Å². The first-order valence-corrected chi connectivity index (χ1v) is 17.2. The maximum atomic E-state index is 14.0. The number of carbonyl (C=O) groups is 2. The third kappa shape index (κ3) is 7.78. The first kappa shape index (κ1) is 34.1. The summed E-state index contributed by atoms with van der Waals surface area (Å²) in [5.74, 6) is 0.553. The topological polar surface area (TPSA) is 138 Å². The van der Waals surface area contributed by atoms with Crippen molar-refractivity contribution in [1.82, 2.24) is 4.98 Å². The molecule has 4 N–H and O–H groups in total. The summed E-state index contributed by atoms with van der Waals surface area (Å²) in [6.07, 6.45) is 7.17. The molecular weight excluding hydrogens is 622 g/mol. The van der Waals surface area contributed by atoms with Crippen LogP contribution in [0.4, 0.5) is 0 Å². The smallest absolute Gasteiger partial charge is 0.302 e. The number of hydrogen-bond acceptors (Lipinski definition) is 8. The van der Waals surface area contributed by atoms with Gasteiger partial charge in [-0.25, -0.2) is 0 Å². The molecule has 0 spiro atoms. The molecule has 49 heavy (non-hydrogen) atoms. The minimum atomic E-state index is -0.623. The largest absolute Gasteiger partial charge is 0.504 e. The number of Topliss-reactive ketones (excluding diaryl/α,β-unsaturated/α-hetero) is 1. The van der Waals surface area contributed by atoms with Crippen LogP contribution in [0.3, 0.4) is 0 Å². The fourth-order valence-corrected chi connectivity index (χ4v) is 7.76. The van der Waals surface area contributed by atoms with Gasteiger partial charge in [0.05, 0.1) is 13.7 Å². The number of hydrogen-bond donors (Lipinski definition) is 4. The molecule has 0 saturated heterocycles. The molecule has 4 unspecified atom stereocenters. The molecule has 0 radical (unpaired) electrons. The minimum absolute atomic E-state index is 0.00491. The molecule has 9 heteroatoms. The van der Waals surface area contributed by atoms with Crippen molar-refractivity contribution in [1.29, 1.82) is 0 Å². The Kier molecular flexibility index (Phi) is 10.6. The van der Waals surface area contributed by atoms with Crippen molar-refractivity contribution in [3.8, 4) is 23.0 Å². The van der Waals surface area contributed by atoms with Crippen LogP contribution in [0.5, 0.6) is 23.0 Å². The molecule has 4 aromatic rings. The van der Waals surface area contributed by atoms with E-state index < -0.39 is 12.1 Å². The van der Waals surface area contributed by atoms with E-state index in [9.17, 15) is 19.8 Å². The van der Waals surface area contributed by atoms with Gasteiger partial charge < -0.3 is 34.5 Å². The number of ether oxygens (including phenoxy) is 3. The second-order valence-corrected chi connectivity index (χ2v) is 13.3. The van der Waals surface area contributed by atoms with Crippen LogP contribution in [0, 0.1) is 11.8 Å². The molecule has 1 fully saturated rings. The number of aromatic hydroxyl groups is 2. The van der Waals surface area contributed by atoms with Crippen molar-refractivity contribution in [2.75, 3.05) is 20.3 Å². The zero-order valence-electron chi connectivity index (χ0n) is 28.1. The van der Waals surface area contributed by atoms with Gasteiger partial charge in [-0.15, -0.1) is 0 Å². The molecule has 258 valence electrons. The third-order valence-corrected chi connectivity index (χ3v) is 10.00. The highest BCUT2D eigenvalue weighted by atomic mass is 16.5. The van der Waals surface area contributed by atoms with Gasteiger partial charge in [-0.2, -0.15) is 0 Å². The predicted octanol–water partition coefficient (Wildman–Crippen LogP) is 7.21. The number of carbonyl (C=O) groups excluding carboxylic acids is 2. The number of aromatic nitrogens is 1. The summed E-state index contributed by atoms with van der Waals surface area (Å²) in [6.45, 7) is 1.22. The third-order valence-electron chi connectivity index (χ3n) is 10.00. The highest BCUT2D eigenvalue weighted by Crippen LogP contribution is 2.51. The van der Waals surface area contributed by atoms with Crippen LogP contribution in [0.2, 0.25) is 0 Å². The van der Waals surface area contributed by atoms with Crippen molar-refractivity contribution in [2.45, 2.75) is 70.3 Å². The predicted molar refractivity (Wildman–Crippen MR) is 187 cm³/mol. The summed E-state index contributed by atoms with van der Waals surface area (Å²) in [7, 11) is 1.54. The Balaban J connectivity index is 1.29. The van der Waals surface area contributed by atoms with Gasteiger partial charge in [0.2, 0.25) is 0 Å². The Hall–Kier alpha value is -4.76. The number of para-hydroxylation sites is 1. The monoisotopic (exact) mass is 667 g/mol. The average Bonchev–Trinajstić information content (AvgIpc) is 3.47. The van der Waals surface area contributed by atoms with Gasteiger partial charge >= 0.3 is 5.97 Å². The molecule has 0 aliphatic heterocycles. The molecule has 4 atom stereocenters. The van der Waals surface area contributed by atoms with Crippen LogP contribution in [-0.2, 0) is 20.7 Å². The molecule has 2 aliphatic rings.